The first-order valence-electron chi connectivity index (χ1n) is 5.43. The molecular formula is C13H17NO2. The summed E-state index contributed by atoms with van der Waals surface area (Å²) in [6.45, 7) is 3.00. The van der Waals surface area contributed by atoms with Crippen LogP contribution < -0.4 is 5.32 Å². The Hall–Kier alpha value is -1.77. The van der Waals surface area contributed by atoms with E-state index in [1.807, 2.05) is 18.2 Å². The zero-order valence-corrected chi connectivity index (χ0v) is 9.48. The Morgan fingerprint density at radius 3 is 2.81 bits per heavy atom. The van der Waals surface area contributed by atoms with E-state index in [1.54, 1.807) is 13.1 Å². The van der Waals surface area contributed by atoms with Crippen molar-refractivity contribution < 1.29 is 9.53 Å². The molecule has 86 valence electrons. The zero-order valence-electron chi connectivity index (χ0n) is 9.48. The van der Waals surface area contributed by atoms with Gasteiger partial charge in [0.1, 0.15) is 0 Å². The first kappa shape index (κ1) is 12.3. The van der Waals surface area contributed by atoms with Crippen LogP contribution in [0.3, 0.4) is 0 Å². The average Bonchev–Trinajstić information content (AvgIpc) is 2.30. The van der Waals surface area contributed by atoms with Crippen LogP contribution in [0.2, 0.25) is 0 Å². The van der Waals surface area contributed by atoms with Gasteiger partial charge < -0.3 is 10.1 Å². The van der Waals surface area contributed by atoms with Crippen molar-refractivity contribution in [2.24, 2.45) is 0 Å². The Kier molecular flexibility index (Phi) is 5.78. The monoisotopic (exact) mass is 219 g/mol. The lowest BCUT2D eigenvalue weighted by Crippen LogP contribution is -2.11. The minimum Gasteiger partial charge on any atom is -0.463 e. The molecule has 0 unspecified atom stereocenters. The molecule has 0 fully saturated rings. The number of carbonyl (C=O) groups is 1. The normalized spacial score (nSPS) is 10.3. The first-order valence-corrected chi connectivity index (χ1v) is 5.43. The number of rotatable bonds is 6. The molecule has 0 aromatic heterocycles. The quantitative estimate of drug-likeness (QED) is 0.451. The molecule has 0 heterocycles. The molecule has 0 aliphatic heterocycles. The van der Waals surface area contributed by atoms with Crippen LogP contribution in [-0.2, 0) is 16.0 Å². The Bertz CT molecular complexity index is 333. The van der Waals surface area contributed by atoms with E-state index in [9.17, 15) is 4.79 Å². The van der Waals surface area contributed by atoms with Gasteiger partial charge in [0.15, 0.2) is 0 Å². The van der Waals surface area contributed by atoms with Crippen molar-refractivity contribution in [3.8, 4) is 0 Å². The van der Waals surface area contributed by atoms with E-state index in [0.29, 0.717) is 6.61 Å². The summed E-state index contributed by atoms with van der Waals surface area (Å²) >= 11 is 0. The number of hydrogen-bond donors (Lipinski definition) is 1. The smallest absolute Gasteiger partial charge is 0.332 e. The molecule has 0 radical (unpaired) electrons. The molecule has 16 heavy (non-hydrogen) atoms. The van der Waals surface area contributed by atoms with E-state index in [1.165, 1.54) is 11.6 Å². The van der Waals surface area contributed by atoms with Crippen molar-refractivity contribution >= 4 is 5.97 Å². The molecule has 0 atom stereocenters. The summed E-state index contributed by atoms with van der Waals surface area (Å²) < 4.78 is 4.74. The van der Waals surface area contributed by atoms with Crippen LogP contribution in [0.5, 0.6) is 0 Å². The third-order valence-corrected chi connectivity index (χ3v) is 2.02. The highest BCUT2D eigenvalue weighted by Gasteiger charge is 1.92. The highest BCUT2D eigenvalue weighted by Crippen LogP contribution is 1.97. The molecule has 0 saturated heterocycles. The fraction of sp³-hybridized carbons (Fsp3) is 0.308. The van der Waals surface area contributed by atoms with E-state index in [2.05, 4.69) is 17.4 Å². The molecule has 0 bridgehead atoms. The third kappa shape index (κ3) is 5.20. The Labute approximate surface area is 96.1 Å². The predicted octanol–water partition coefficient (Wildman–Crippen LogP) is 1.90. The van der Waals surface area contributed by atoms with Gasteiger partial charge in [-0.15, -0.1) is 0 Å². The van der Waals surface area contributed by atoms with Crippen LogP contribution in [0.1, 0.15) is 12.5 Å². The van der Waals surface area contributed by atoms with Crippen molar-refractivity contribution in [1.82, 2.24) is 5.32 Å². The molecule has 1 aromatic rings. The second-order valence-corrected chi connectivity index (χ2v) is 3.28. The number of nitrogens with one attached hydrogen (secondary N) is 1. The Balaban J connectivity index is 2.15. The molecule has 1 N–H and O–H groups in total. The maximum atomic E-state index is 10.9. The summed E-state index contributed by atoms with van der Waals surface area (Å²) in [6, 6.07) is 10.2. The molecular weight excluding hydrogens is 202 g/mol. The van der Waals surface area contributed by atoms with Crippen molar-refractivity contribution in [3.63, 3.8) is 0 Å². The third-order valence-electron chi connectivity index (χ3n) is 2.02. The molecule has 0 aliphatic rings. The molecule has 0 aliphatic carbocycles. The number of hydrogen-bond acceptors (Lipinski definition) is 3. The van der Waals surface area contributed by atoms with Crippen molar-refractivity contribution in [2.45, 2.75) is 13.3 Å². The van der Waals surface area contributed by atoms with Gasteiger partial charge in [0.2, 0.25) is 0 Å². The topological polar surface area (TPSA) is 38.3 Å². The first-order chi connectivity index (χ1) is 7.83. The molecule has 1 rings (SSSR count). The number of benzene rings is 1. The summed E-state index contributed by atoms with van der Waals surface area (Å²) in [5.74, 6) is -0.310. The standard InChI is InChI=1S/C13H17NO2/c1-2-16-13(15)9-11-14-10-8-12-6-4-3-5-7-12/h3-7,9,11,14H,2,8,10H2,1H3. The van der Waals surface area contributed by atoms with Gasteiger partial charge in [-0.1, -0.05) is 30.3 Å². The van der Waals surface area contributed by atoms with E-state index in [-0.39, 0.29) is 5.97 Å². The van der Waals surface area contributed by atoms with Gasteiger partial charge in [0, 0.05) is 18.8 Å². The van der Waals surface area contributed by atoms with Crippen LogP contribution in [-0.4, -0.2) is 19.1 Å². The molecule has 3 nitrogen and oxygen atoms in total. The molecule has 3 heteroatoms. The average molecular weight is 219 g/mol. The second kappa shape index (κ2) is 7.51. The van der Waals surface area contributed by atoms with Crippen molar-refractivity contribution in [1.29, 1.82) is 0 Å². The Morgan fingerprint density at radius 1 is 1.38 bits per heavy atom. The van der Waals surface area contributed by atoms with Gasteiger partial charge in [-0.25, -0.2) is 4.79 Å². The van der Waals surface area contributed by atoms with Crippen molar-refractivity contribution in [2.75, 3.05) is 13.2 Å². The largest absolute Gasteiger partial charge is 0.463 e. The highest BCUT2D eigenvalue weighted by atomic mass is 16.5. The number of carbonyl (C=O) groups excluding carboxylic acids is 1. The minimum absolute atomic E-state index is 0.310. The van der Waals surface area contributed by atoms with Crippen LogP contribution in [0.15, 0.2) is 42.6 Å². The summed E-state index contributed by atoms with van der Waals surface area (Å²) in [5, 5.41) is 3.04. The summed E-state index contributed by atoms with van der Waals surface area (Å²) in [6.07, 6.45) is 3.96. The number of ether oxygens (including phenoxy) is 1. The minimum atomic E-state index is -0.310. The van der Waals surface area contributed by atoms with E-state index >= 15 is 0 Å². The lowest BCUT2D eigenvalue weighted by molar-refractivity contribution is -0.137. The molecule has 0 amide bonds. The fourth-order valence-electron chi connectivity index (χ4n) is 1.26. The van der Waals surface area contributed by atoms with Crippen LogP contribution in [0.25, 0.3) is 0 Å². The maximum absolute atomic E-state index is 10.9. The van der Waals surface area contributed by atoms with Crippen LogP contribution >= 0.6 is 0 Å². The molecule has 1 aromatic carbocycles. The van der Waals surface area contributed by atoms with E-state index in [0.717, 1.165) is 13.0 Å². The molecule has 0 saturated carbocycles. The SMILES string of the molecule is CCOC(=O)C=CNCCc1ccccc1. The van der Waals surface area contributed by atoms with Gasteiger partial charge in [-0.3, -0.25) is 0 Å². The maximum Gasteiger partial charge on any atom is 0.332 e. The van der Waals surface area contributed by atoms with E-state index in [4.69, 9.17) is 4.74 Å². The van der Waals surface area contributed by atoms with Crippen LogP contribution in [0.4, 0.5) is 0 Å². The zero-order chi connectivity index (χ0) is 11.6. The fourth-order valence-corrected chi connectivity index (χ4v) is 1.26. The second-order valence-electron chi connectivity index (χ2n) is 3.28. The summed E-state index contributed by atoms with van der Waals surface area (Å²) in [7, 11) is 0. The number of esters is 1. The van der Waals surface area contributed by atoms with Gasteiger partial charge in [-0.2, -0.15) is 0 Å². The highest BCUT2D eigenvalue weighted by molar-refractivity contribution is 5.81. The van der Waals surface area contributed by atoms with Gasteiger partial charge in [-0.05, 0) is 18.9 Å². The van der Waals surface area contributed by atoms with Crippen molar-refractivity contribution in [3.05, 3.63) is 48.2 Å². The van der Waals surface area contributed by atoms with Gasteiger partial charge in [0.05, 0.1) is 6.61 Å². The lowest BCUT2D eigenvalue weighted by atomic mass is 10.1. The molecule has 0 spiro atoms. The van der Waals surface area contributed by atoms with Gasteiger partial charge in [0.25, 0.3) is 0 Å². The van der Waals surface area contributed by atoms with E-state index < -0.39 is 0 Å². The lowest BCUT2D eigenvalue weighted by Gasteiger charge is -2.01. The van der Waals surface area contributed by atoms with Crippen LogP contribution in [0, 0.1) is 0 Å². The summed E-state index contributed by atoms with van der Waals surface area (Å²) in [4.78, 5) is 10.9. The van der Waals surface area contributed by atoms with Gasteiger partial charge >= 0.3 is 5.97 Å². The Morgan fingerprint density at radius 2 is 2.12 bits per heavy atom. The summed E-state index contributed by atoms with van der Waals surface area (Å²) in [5.41, 5.74) is 1.28. The predicted molar refractivity (Wildman–Crippen MR) is 63.9 cm³/mol.